The van der Waals surface area contributed by atoms with Crippen molar-refractivity contribution in [3.8, 4) is 0 Å². The number of nitrogens with one attached hydrogen (secondary N) is 1. The van der Waals surface area contributed by atoms with Crippen LogP contribution in [-0.4, -0.2) is 51.8 Å². The summed E-state index contributed by atoms with van der Waals surface area (Å²) >= 11 is 0. The molecule has 1 fully saturated rings. The number of hydrogen-bond donors (Lipinski definition) is 2. The van der Waals surface area contributed by atoms with E-state index in [0.717, 1.165) is 17.7 Å². The fourth-order valence-corrected chi connectivity index (χ4v) is 2.97. The first kappa shape index (κ1) is 17.1. The molecular weight excluding hydrogens is 320 g/mol. The monoisotopic (exact) mass is 342 g/mol. The number of hydrogen-bond acceptors (Lipinski definition) is 5. The van der Waals surface area contributed by atoms with E-state index in [1.165, 1.54) is 0 Å². The Labute approximate surface area is 146 Å². The molecule has 2 amide bonds. The van der Waals surface area contributed by atoms with E-state index < -0.39 is 0 Å². The predicted molar refractivity (Wildman–Crippen MR) is 91.7 cm³/mol. The molecule has 3 rings (SSSR count). The van der Waals surface area contributed by atoms with Crippen molar-refractivity contribution < 1.29 is 9.59 Å². The average Bonchev–Trinajstić information content (AvgIpc) is 3.30. The van der Waals surface area contributed by atoms with Crippen LogP contribution in [0.5, 0.6) is 0 Å². The molecule has 1 saturated heterocycles. The van der Waals surface area contributed by atoms with Crippen molar-refractivity contribution in [1.82, 2.24) is 25.2 Å². The summed E-state index contributed by atoms with van der Waals surface area (Å²) in [5.41, 5.74) is 7.79. The zero-order valence-corrected chi connectivity index (χ0v) is 14.2. The lowest BCUT2D eigenvalue weighted by Gasteiger charge is -2.16. The number of benzene rings is 1. The number of rotatable bonds is 5. The summed E-state index contributed by atoms with van der Waals surface area (Å²) in [5.74, 6) is -0.0562. The van der Waals surface area contributed by atoms with E-state index in [1.54, 1.807) is 23.9 Å². The molecule has 0 aliphatic carbocycles. The van der Waals surface area contributed by atoms with Gasteiger partial charge in [-0.15, -0.1) is 5.10 Å². The van der Waals surface area contributed by atoms with Gasteiger partial charge in [-0.05, 0) is 24.1 Å². The molecule has 1 unspecified atom stereocenters. The highest BCUT2D eigenvalue weighted by Gasteiger charge is 2.28. The zero-order chi connectivity index (χ0) is 17.8. The van der Waals surface area contributed by atoms with Gasteiger partial charge in [0.2, 0.25) is 5.91 Å². The molecule has 1 aromatic heterocycles. The molecule has 3 N–H and O–H groups in total. The number of nitrogens with zero attached hydrogens (tertiary/aromatic N) is 4. The summed E-state index contributed by atoms with van der Waals surface area (Å²) in [7, 11) is 1.59. The van der Waals surface area contributed by atoms with E-state index in [9.17, 15) is 9.59 Å². The molecule has 2 heterocycles. The summed E-state index contributed by atoms with van der Waals surface area (Å²) in [6.07, 6.45) is 3.02. The minimum Gasteiger partial charge on any atom is -0.355 e. The van der Waals surface area contributed by atoms with Gasteiger partial charge < -0.3 is 16.0 Å². The van der Waals surface area contributed by atoms with Crippen molar-refractivity contribution in [3.63, 3.8) is 0 Å². The second-order valence-corrected chi connectivity index (χ2v) is 6.13. The Morgan fingerprint density at radius 1 is 1.32 bits per heavy atom. The maximum Gasteiger partial charge on any atom is 0.251 e. The average molecular weight is 342 g/mol. The molecule has 1 aliphatic heterocycles. The Kier molecular flexibility index (Phi) is 5.08. The van der Waals surface area contributed by atoms with Crippen LogP contribution in [0.15, 0.2) is 30.5 Å². The number of nitrogens with two attached hydrogens (primary N) is 1. The SMILES string of the molecule is CNC(=O)c1ccc(CC(=O)N2CCC(n3cc(CN)nn3)C2)cc1. The van der Waals surface area contributed by atoms with Crippen molar-refractivity contribution in [2.75, 3.05) is 20.1 Å². The molecule has 1 atom stereocenters. The van der Waals surface area contributed by atoms with Crippen molar-refractivity contribution >= 4 is 11.8 Å². The van der Waals surface area contributed by atoms with E-state index in [-0.39, 0.29) is 17.9 Å². The van der Waals surface area contributed by atoms with Gasteiger partial charge >= 0.3 is 0 Å². The lowest BCUT2D eigenvalue weighted by atomic mass is 10.1. The van der Waals surface area contributed by atoms with Gasteiger partial charge in [-0.1, -0.05) is 17.3 Å². The highest BCUT2D eigenvalue weighted by molar-refractivity contribution is 5.94. The standard InChI is InChI=1S/C17H22N6O2/c1-19-17(25)13-4-2-12(3-5-13)8-16(24)22-7-6-15(11-22)23-10-14(9-18)20-21-23/h2-5,10,15H,6-9,11,18H2,1H3,(H,19,25). The Bertz CT molecular complexity index is 755. The highest BCUT2D eigenvalue weighted by Crippen LogP contribution is 2.21. The van der Waals surface area contributed by atoms with E-state index >= 15 is 0 Å². The molecule has 25 heavy (non-hydrogen) atoms. The minimum atomic E-state index is -0.134. The van der Waals surface area contributed by atoms with Crippen LogP contribution < -0.4 is 11.1 Å². The molecule has 1 aromatic carbocycles. The van der Waals surface area contributed by atoms with Crippen molar-refractivity contribution in [2.45, 2.75) is 25.4 Å². The van der Waals surface area contributed by atoms with Gasteiger partial charge in [-0.2, -0.15) is 0 Å². The third-order valence-corrected chi connectivity index (χ3v) is 4.46. The molecule has 8 nitrogen and oxygen atoms in total. The lowest BCUT2D eigenvalue weighted by Crippen LogP contribution is -2.30. The van der Waals surface area contributed by atoms with E-state index in [4.69, 9.17) is 5.73 Å². The zero-order valence-electron chi connectivity index (χ0n) is 14.2. The molecule has 2 aromatic rings. The first-order valence-electron chi connectivity index (χ1n) is 8.30. The second kappa shape index (κ2) is 7.43. The van der Waals surface area contributed by atoms with E-state index in [2.05, 4.69) is 15.6 Å². The van der Waals surface area contributed by atoms with Crippen LogP contribution in [0.3, 0.4) is 0 Å². The van der Waals surface area contributed by atoms with Crippen LogP contribution >= 0.6 is 0 Å². The number of carbonyl (C=O) groups excluding carboxylic acids is 2. The molecule has 1 aliphatic rings. The van der Waals surface area contributed by atoms with E-state index in [0.29, 0.717) is 31.6 Å². The summed E-state index contributed by atoms with van der Waals surface area (Å²) in [5, 5.41) is 10.7. The highest BCUT2D eigenvalue weighted by atomic mass is 16.2. The van der Waals surface area contributed by atoms with Crippen LogP contribution in [-0.2, 0) is 17.8 Å². The maximum atomic E-state index is 12.5. The first-order chi connectivity index (χ1) is 12.1. The second-order valence-electron chi connectivity index (χ2n) is 6.13. The molecule has 0 saturated carbocycles. The van der Waals surface area contributed by atoms with Gasteiger partial charge in [0.1, 0.15) is 0 Å². The van der Waals surface area contributed by atoms with Gasteiger partial charge in [0, 0.05) is 32.2 Å². The molecule has 0 radical (unpaired) electrons. The summed E-state index contributed by atoms with van der Waals surface area (Å²) in [4.78, 5) is 25.9. The number of carbonyl (C=O) groups is 2. The van der Waals surface area contributed by atoms with Crippen molar-refractivity contribution in [2.24, 2.45) is 5.73 Å². The third-order valence-electron chi connectivity index (χ3n) is 4.46. The molecule has 132 valence electrons. The summed E-state index contributed by atoms with van der Waals surface area (Å²) in [6, 6.07) is 7.25. The molecule has 0 spiro atoms. The lowest BCUT2D eigenvalue weighted by molar-refractivity contribution is -0.129. The van der Waals surface area contributed by atoms with Gasteiger partial charge in [0.25, 0.3) is 5.91 Å². The molecule has 0 bridgehead atoms. The fourth-order valence-electron chi connectivity index (χ4n) is 2.97. The quantitative estimate of drug-likeness (QED) is 0.802. The smallest absolute Gasteiger partial charge is 0.251 e. The number of amides is 2. The van der Waals surface area contributed by atoms with Gasteiger partial charge in [0.15, 0.2) is 0 Å². The number of likely N-dealkylation sites (tertiary alicyclic amines) is 1. The van der Waals surface area contributed by atoms with Crippen LogP contribution in [0.1, 0.15) is 34.1 Å². The normalized spacial score (nSPS) is 16.9. The van der Waals surface area contributed by atoms with Gasteiger partial charge in [0.05, 0.1) is 24.4 Å². The van der Waals surface area contributed by atoms with Crippen LogP contribution in [0, 0.1) is 0 Å². The van der Waals surface area contributed by atoms with Crippen LogP contribution in [0.4, 0.5) is 0 Å². The maximum absolute atomic E-state index is 12.5. The fraction of sp³-hybridized carbons (Fsp3) is 0.412. The molecule has 8 heteroatoms. The summed E-state index contributed by atoms with van der Waals surface area (Å²) in [6.45, 7) is 1.70. The van der Waals surface area contributed by atoms with Gasteiger partial charge in [-0.3, -0.25) is 9.59 Å². The summed E-state index contributed by atoms with van der Waals surface area (Å²) < 4.78 is 1.80. The Morgan fingerprint density at radius 3 is 2.72 bits per heavy atom. The Balaban J connectivity index is 1.57. The van der Waals surface area contributed by atoms with Crippen molar-refractivity contribution in [1.29, 1.82) is 0 Å². The largest absolute Gasteiger partial charge is 0.355 e. The van der Waals surface area contributed by atoms with Crippen molar-refractivity contribution in [3.05, 3.63) is 47.3 Å². The first-order valence-corrected chi connectivity index (χ1v) is 8.30. The molecular formula is C17H22N6O2. The third kappa shape index (κ3) is 3.85. The Morgan fingerprint density at radius 2 is 2.08 bits per heavy atom. The Hall–Kier alpha value is -2.74. The minimum absolute atomic E-state index is 0.0781. The van der Waals surface area contributed by atoms with Crippen LogP contribution in [0.2, 0.25) is 0 Å². The predicted octanol–water partition coefficient (Wildman–Crippen LogP) is 0.113. The van der Waals surface area contributed by atoms with E-state index in [1.807, 2.05) is 23.2 Å². The number of aromatic nitrogens is 3. The topological polar surface area (TPSA) is 106 Å². The van der Waals surface area contributed by atoms with Crippen LogP contribution in [0.25, 0.3) is 0 Å². The van der Waals surface area contributed by atoms with Gasteiger partial charge in [-0.25, -0.2) is 4.68 Å².